The summed E-state index contributed by atoms with van der Waals surface area (Å²) in [5.41, 5.74) is 9.11. The fraction of sp³-hybridized carbons (Fsp3) is 0.0500. The van der Waals surface area contributed by atoms with E-state index in [1.807, 2.05) is 60.7 Å². The van der Waals surface area contributed by atoms with Gasteiger partial charge in [0.05, 0.1) is 5.56 Å². The summed E-state index contributed by atoms with van der Waals surface area (Å²) in [6.45, 7) is 0. The molecule has 24 heavy (non-hydrogen) atoms. The van der Waals surface area contributed by atoms with Gasteiger partial charge in [0.1, 0.15) is 17.9 Å². The molecule has 0 spiro atoms. The van der Waals surface area contributed by atoms with Crippen molar-refractivity contribution in [3.8, 4) is 6.07 Å². The summed E-state index contributed by atoms with van der Waals surface area (Å²) in [6.07, 6.45) is 1.57. The van der Waals surface area contributed by atoms with Crippen LogP contribution >= 0.6 is 0 Å². The third-order valence-electron chi connectivity index (χ3n) is 3.69. The van der Waals surface area contributed by atoms with Crippen LogP contribution in [0.15, 0.2) is 84.0 Å². The van der Waals surface area contributed by atoms with Crippen molar-refractivity contribution in [3.05, 3.63) is 101 Å². The van der Waals surface area contributed by atoms with Gasteiger partial charge in [0.25, 0.3) is 0 Å². The van der Waals surface area contributed by atoms with Crippen LogP contribution in [-0.4, -0.2) is 10.8 Å². The van der Waals surface area contributed by atoms with Gasteiger partial charge in [-0.05, 0) is 23.3 Å². The minimum Gasteiger partial charge on any atom is -0.383 e. The fourth-order valence-electron chi connectivity index (χ4n) is 2.52. The molecule has 3 rings (SSSR count). The average molecular weight is 312 g/mol. The van der Waals surface area contributed by atoms with Crippen molar-refractivity contribution in [3.63, 3.8) is 0 Å². The quantitative estimate of drug-likeness (QED) is 0.592. The lowest BCUT2D eigenvalue weighted by Gasteiger charge is -2.15. The number of rotatable bonds is 4. The third-order valence-corrected chi connectivity index (χ3v) is 3.69. The molecule has 4 heteroatoms. The van der Waals surface area contributed by atoms with Crippen LogP contribution in [0.5, 0.6) is 0 Å². The Labute approximate surface area is 140 Å². The van der Waals surface area contributed by atoms with E-state index in [0.717, 1.165) is 11.1 Å². The predicted molar refractivity (Wildman–Crippen MR) is 94.4 cm³/mol. The van der Waals surface area contributed by atoms with Crippen molar-refractivity contribution in [1.82, 2.24) is 4.98 Å². The molecule has 0 aliphatic carbocycles. The molecule has 0 amide bonds. The molecule has 116 valence electrons. The Morgan fingerprint density at radius 2 is 1.50 bits per heavy atom. The smallest absolute Gasteiger partial charge is 0.151 e. The molecule has 0 aliphatic heterocycles. The van der Waals surface area contributed by atoms with Gasteiger partial charge in [0.15, 0.2) is 5.69 Å². The van der Waals surface area contributed by atoms with E-state index >= 15 is 0 Å². The van der Waals surface area contributed by atoms with E-state index in [2.05, 4.69) is 11.1 Å². The van der Waals surface area contributed by atoms with Crippen LogP contribution in [0.2, 0.25) is 0 Å². The summed E-state index contributed by atoms with van der Waals surface area (Å²) in [7, 11) is 0. The molecule has 2 N–H and O–H groups in total. The maximum absolute atomic E-state index is 9.21. The van der Waals surface area contributed by atoms with Crippen LogP contribution < -0.4 is 5.73 Å². The van der Waals surface area contributed by atoms with Gasteiger partial charge < -0.3 is 5.73 Å². The molecular weight excluding hydrogens is 296 g/mol. The molecule has 0 radical (unpaired) electrons. The summed E-state index contributed by atoms with van der Waals surface area (Å²) < 4.78 is 0. The number of pyridine rings is 1. The lowest BCUT2D eigenvalue weighted by Crippen LogP contribution is -2.17. The fourth-order valence-corrected chi connectivity index (χ4v) is 2.52. The number of nitriles is 1. The first-order valence-electron chi connectivity index (χ1n) is 7.58. The molecule has 0 unspecified atom stereocenters. The van der Waals surface area contributed by atoms with Gasteiger partial charge in [-0.1, -0.05) is 60.7 Å². The first kappa shape index (κ1) is 15.4. The van der Waals surface area contributed by atoms with E-state index in [4.69, 9.17) is 10.7 Å². The zero-order valence-electron chi connectivity index (χ0n) is 13.0. The van der Waals surface area contributed by atoms with Crippen LogP contribution in [0.1, 0.15) is 28.4 Å². The Morgan fingerprint density at radius 3 is 2.04 bits per heavy atom. The maximum atomic E-state index is 9.21. The van der Waals surface area contributed by atoms with Gasteiger partial charge in [-0.2, -0.15) is 5.26 Å². The molecule has 0 fully saturated rings. The first-order valence-corrected chi connectivity index (χ1v) is 7.58. The molecule has 1 heterocycles. The average Bonchev–Trinajstić information content (AvgIpc) is 2.67. The number of amidine groups is 1. The van der Waals surface area contributed by atoms with Crippen molar-refractivity contribution >= 4 is 5.84 Å². The molecule has 0 saturated heterocycles. The highest BCUT2D eigenvalue weighted by Gasteiger charge is 2.15. The summed E-state index contributed by atoms with van der Waals surface area (Å²) in [6, 6.07) is 25.2. The second-order valence-corrected chi connectivity index (χ2v) is 5.25. The zero-order chi connectivity index (χ0) is 16.8. The zero-order valence-corrected chi connectivity index (χ0v) is 13.0. The minimum atomic E-state index is -0.237. The van der Waals surface area contributed by atoms with Gasteiger partial charge in [0, 0.05) is 6.20 Å². The lowest BCUT2D eigenvalue weighted by atomic mass is 9.99. The summed E-state index contributed by atoms with van der Waals surface area (Å²) in [5.74, 6) is 0.303. The summed E-state index contributed by atoms with van der Waals surface area (Å²) >= 11 is 0. The minimum absolute atomic E-state index is 0.237. The molecule has 1 aromatic heterocycles. The topological polar surface area (TPSA) is 75.1 Å². The van der Waals surface area contributed by atoms with Gasteiger partial charge in [-0.15, -0.1) is 0 Å². The van der Waals surface area contributed by atoms with E-state index in [1.54, 1.807) is 18.3 Å². The van der Waals surface area contributed by atoms with Crippen LogP contribution in [0.3, 0.4) is 0 Å². The van der Waals surface area contributed by atoms with Crippen LogP contribution in [0.25, 0.3) is 0 Å². The highest BCUT2D eigenvalue weighted by atomic mass is 14.9. The van der Waals surface area contributed by atoms with Gasteiger partial charge in [-0.25, -0.2) is 4.98 Å². The molecule has 0 aliphatic rings. The van der Waals surface area contributed by atoms with E-state index in [1.165, 1.54) is 0 Å². The number of aliphatic imine (C=N–C) groups is 1. The van der Waals surface area contributed by atoms with Gasteiger partial charge in [0.2, 0.25) is 0 Å². The Balaban J connectivity index is 2.08. The van der Waals surface area contributed by atoms with Crippen molar-refractivity contribution in [2.75, 3.05) is 0 Å². The van der Waals surface area contributed by atoms with E-state index < -0.39 is 0 Å². The van der Waals surface area contributed by atoms with Crippen LogP contribution in [0, 0.1) is 11.3 Å². The molecular formula is C20H16N4. The predicted octanol–water partition coefficient (Wildman–Crippen LogP) is 3.45. The van der Waals surface area contributed by atoms with Gasteiger partial charge >= 0.3 is 0 Å². The number of hydrogen-bond donors (Lipinski definition) is 1. The SMILES string of the molecule is N#Cc1ncccc1C(N)=NC(c1ccccc1)c1ccccc1. The highest BCUT2D eigenvalue weighted by molar-refractivity contribution is 5.99. The standard InChI is InChI=1S/C20H16N4/c21-14-18-17(12-7-13-23-18)20(22)24-19(15-8-3-1-4-9-15)16-10-5-2-6-11-16/h1-13,19H,(H2,22,24). The van der Waals surface area contributed by atoms with E-state index in [-0.39, 0.29) is 11.7 Å². The van der Waals surface area contributed by atoms with E-state index in [0.29, 0.717) is 11.4 Å². The lowest BCUT2D eigenvalue weighted by molar-refractivity contribution is 0.870. The monoisotopic (exact) mass is 312 g/mol. The number of nitrogens with two attached hydrogens (primary N) is 1. The molecule has 0 atom stereocenters. The van der Waals surface area contributed by atoms with Crippen molar-refractivity contribution in [2.24, 2.45) is 10.7 Å². The highest BCUT2D eigenvalue weighted by Crippen LogP contribution is 2.26. The Morgan fingerprint density at radius 1 is 0.917 bits per heavy atom. The molecule has 2 aromatic carbocycles. The third kappa shape index (κ3) is 3.31. The maximum Gasteiger partial charge on any atom is 0.151 e. The first-order chi connectivity index (χ1) is 11.8. The van der Waals surface area contributed by atoms with Crippen molar-refractivity contribution in [2.45, 2.75) is 6.04 Å². The molecule has 0 bridgehead atoms. The molecule has 0 saturated carbocycles. The summed E-state index contributed by atoms with van der Waals surface area (Å²) in [4.78, 5) is 8.75. The summed E-state index contributed by atoms with van der Waals surface area (Å²) in [5, 5.41) is 9.21. The van der Waals surface area contributed by atoms with Crippen LogP contribution in [-0.2, 0) is 0 Å². The van der Waals surface area contributed by atoms with E-state index in [9.17, 15) is 5.26 Å². The Bertz CT molecular complexity index is 841. The van der Waals surface area contributed by atoms with Gasteiger partial charge in [-0.3, -0.25) is 4.99 Å². The normalized spacial score (nSPS) is 11.2. The van der Waals surface area contributed by atoms with Crippen molar-refractivity contribution < 1.29 is 0 Å². The Kier molecular flexibility index (Phi) is 4.64. The largest absolute Gasteiger partial charge is 0.383 e. The van der Waals surface area contributed by atoms with Crippen LogP contribution in [0.4, 0.5) is 0 Å². The Hall–Kier alpha value is -3.45. The number of hydrogen-bond acceptors (Lipinski definition) is 3. The number of benzene rings is 2. The molecule has 3 aromatic rings. The number of aromatic nitrogens is 1. The molecule has 4 nitrogen and oxygen atoms in total. The van der Waals surface area contributed by atoms with Crippen molar-refractivity contribution in [1.29, 1.82) is 5.26 Å². The second kappa shape index (κ2) is 7.21. The number of nitrogens with zero attached hydrogens (tertiary/aromatic N) is 3. The second-order valence-electron chi connectivity index (χ2n) is 5.25.